The first kappa shape index (κ1) is 22.5. The molecule has 0 aromatic heterocycles. The maximum atomic E-state index is 12.6. The molecule has 2 aromatic carbocycles. The fourth-order valence-corrected chi connectivity index (χ4v) is 3.59. The van der Waals surface area contributed by atoms with Gasteiger partial charge in [0.15, 0.2) is 0 Å². The Morgan fingerprint density at radius 3 is 2.31 bits per heavy atom. The van der Waals surface area contributed by atoms with Crippen molar-refractivity contribution in [2.24, 2.45) is 0 Å². The van der Waals surface area contributed by atoms with Crippen molar-refractivity contribution in [3.63, 3.8) is 0 Å². The summed E-state index contributed by atoms with van der Waals surface area (Å²) in [7, 11) is 2.06. The summed E-state index contributed by atoms with van der Waals surface area (Å²) in [6.45, 7) is 12.9. The van der Waals surface area contributed by atoms with E-state index in [-0.39, 0.29) is 17.7 Å². The maximum absolute atomic E-state index is 12.6. The number of carbonyl (C=O) groups is 1. The fourth-order valence-electron chi connectivity index (χ4n) is 3.59. The molecule has 1 amide bonds. The van der Waals surface area contributed by atoms with Crippen molar-refractivity contribution in [2.45, 2.75) is 26.8 Å². The molecule has 1 N–H and O–H groups in total. The first-order chi connectivity index (χ1) is 13.9. The zero-order valence-corrected chi connectivity index (χ0v) is 18.0. The van der Waals surface area contributed by atoms with Crippen LogP contribution in [0.15, 0.2) is 61.2 Å². The van der Waals surface area contributed by atoms with Crippen LogP contribution >= 0.6 is 0 Å². The Kier molecular flexibility index (Phi) is 8.28. The Hall–Kier alpha value is -2.79. The highest BCUT2D eigenvalue weighted by Gasteiger charge is 2.20. The van der Waals surface area contributed by atoms with Crippen LogP contribution in [0.4, 0.5) is 11.4 Å². The monoisotopic (exact) mass is 395 g/mol. The third-order valence-electron chi connectivity index (χ3n) is 5.01. The third-order valence-corrected chi connectivity index (χ3v) is 5.01. The van der Waals surface area contributed by atoms with E-state index in [1.807, 2.05) is 61.2 Å². The molecule has 5 heteroatoms. The summed E-state index contributed by atoms with van der Waals surface area (Å²) >= 11 is 0. The Morgan fingerprint density at radius 1 is 1.10 bits per heavy atom. The molecule has 0 saturated carbocycles. The number of carbonyl (C=O) groups excluding carboxylic acids is 1. The second-order valence-electron chi connectivity index (χ2n) is 7.27. The fraction of sp³-hybridized carbons (Fsp3) is 0.375. The molecule has 0 heterocycles. The quantitative estimate of drug-likeness (QED) is 0.601. The number of hydrogen-bond donors (Lipinski definition) is 1. The molecule has 0 fully saturated rings. The van der Waals surface area contributed by atoms with Crippen LogP contribution in [-0.2, 0) is 0 Å². The van der Waals surface area contributed by atoms with Crippen LogP contribution < -0.4 is 4.90 Å². The summed E-state index contributed by atoms with van der Waals surface area (Å²) in [5.74, 6) is 0.275. The Bertz CT molecular complexity index is 800. The molecular weight excluding hydrogens is 362 g/mol. The zero-order valence-electron chi connectivity index (χ0n) is 18.0. The summed E-state index contributed by atoms with van der Waals surface area (Å²) in [6, 6.07) is 15.1. The van der Waals surface area contributed by atoms with E-state index in [9.17, 15) is 9.90 Å². The Balaban J connectivity index is 2.35. The normalized spacial score (nSPS) is 11.9. The predicted octanol–water partition coefficient (Wildman–Crippen LogP) is 4.52. The molecule has 0 aliphatic carbocycles. The number of nitrogens with zero attached hydrogens (tertiary/aromatic N) is 3. The number of anilines is 2. The van der Waals surface area contributed by atoms with Crippen LogP contribution in [-0.4, -0.2) is 60.1 Å². The van der Waals surface area contributed by atoms with Gasteiger partial charge in [-0.1, -0.05) is 12.1 Å². The van der Waals surface area contributed by atoms with E-state index >= 15 is 0 Å². The molecule has 0 radical (unpaired) electrons. The minimum Gasteiger partial charge on any atom is -0.508 e. The van der Waals surface area contributed by atoms with Gasteiger partial charge in [-0.2, -0.15) is 0 Å². The number of phenolic OH excluding ortho intramolecular Hbond substituents is 1. The van der Waals surface area contributed by atoms with E-state index in [1.165, 1.54) is 0 Å². The molecule has 156 valence electrons. The lowest BCUT2D eigenvalue weighted by Gasteiger charge is -2.34. The number of amides is 1. The molecular formula is C24H33N3O2. The molecule has 0 saturated heterocycles. The lowest BCUT2D eigenvalue weighted by Crippen LogP contribution is -2.38. The molecule has 0 spiro atoms. The highest BCUT2D eigenvalue weighted by molar-refractivity contribution is 5.94. The van der Waals surface area contributed by atoms with Crippen LogP contribution in [0.1, 0.15) is 31.1 Å². The van der Waals surface area contributed by atoms with Crippen LogP contribution in [0, 0.1) is 0 Å². The summed E-state index contributed by atoms with van der Waals surface area (Å²) in [6.07, 6.45) is 1.89. The SMILES string of the molecule is C=CCN(C)CC(C)N(c1ccc(C(=O)N(CC)CC)cc1)c1cccc(O)c1. The lowest BCUT2D eigenvalue weighted by molar-refractivity contribution is 0.0773. The predicted molar refractivity (Wildman–Crippen MR) is 121 cm³/mol. The smallest absolute Gasteiger partial charge is 0.253 e. The highest BCUT2D eigenvalue weighted by atomic mass is 16.3. The largest absolute Gasteiger partial charge is 0.508 e. The van der Waals surface area contributed by atoms with Gasteiger partial charge in [0, 0.05) is 55.2 Å². The Labute approximate surface area is 174 Å². The van der Waals surface area contributed by atoms with Crippen molar-refractivity contribution < 1.29 is 9.90 Å². The van der Waals surface area contributed by atoms with Crippen molar-refractivity contribution in [3.05, 3.63) is 66.7 Å². The molecule has 2 aromatic rings. The lowest BCUT2D eigenvalue weighted by atomic mass is 10.1. The third kappa shape index (κ3) is 5.84. The van der Waals surface area contributed by atoms with Crippen molar-refractivity contribution >= 4 is 17.3 Å². The maximum Gasteiger partial charge on any atom is 0.253 e. The van der Waals surface area contributed by atoms with Crippen molar-refractivity contribution in [1.29, 1.82) is 0 Å². The van der Waals surface area contributed by atoms with Crippen molar-refractivity contribution in [2.75, 3.05) is 38.1 Å². The Morgan fingerprint density at radius 2 is 1.76 bits per heavy atom. The van der Waals surface area contributed by atoms with Gasteiger partial charge in [-0.15, -0.1) is 6.58 Å². The number of aromatic hydroxyl groups is 1. The van der Waals surface area contributed by atoms with Gasteiger partial charge in [-0.05, 0) is 64.2 Å². The zero-order chi connectivity index (χ0) is 21.4. The molecule has 5 nitrogen and oxygen atoms in total. The van der Waals surface area contributed by atoms with E-state index in [2.05, 4.69) is 30.4 Å². The van der Waals surface area contributed by atoms with E-state index < -0.39 is 0 Å². The minimum absolute atomic E-state index is 0.0456. The highest BCUT2D eigenvalue weighted by Crippen LogP contribution is 2.31. The van der Waals surface area contributed by atoms with Crippen molar-refractivity contribution in [1.82, 2.24) is 9.80 Å². The number of likely N-dealkylation sites (N-methyl/N-ethyl adjacent to an activating group) is 1. The van der Waals surface area contributed by atoms with Crippen LogP contribution in [0.3, 0.4) is 0 Å². The van der Waals surface area contributed by atoms with E-state index in [0.29, 0.717) is 18.7 Å². The molecule has 1 atom stereocenters. The van der Waals surface area contributed by atoms with E-state index in [0.717, 1.165) is 24.5 Å². The van der Waals surface area contributed by atoms with E-state index in [4.69, 9.17) is 0 Å². The first-order valence-electron chi connectivity index (χ1n) is 10.2. The summed E-state index contributed by atoms with van der Waals surface area (Å²) in [5, 5.41) is 9.99. The standard InChI is InChI=1S/C24H33N3O2/c1-6-16-25(5)18-19(4)27(22-10-9-11-23(28)17-22)21-14-12-20(13-15-21)24(29)26(7-2)8-3/h6,9-15,17,19,28H,1,7-8,16,18H2,2-5H3. The number of phenols is 1. The number of benzene rings is 2. The van der Waals surface area contributed by atoms with Gasteiger partial charge in [0.05, 0.1) is 0 Å². The van der Waals surface area contributed by atoms with Gasteiger partial charge >= 0.3 is 0 Å². The average molecular weight is 396 g/mol. The van der Waals surface area contributed by atoms with Gasteiger partial charge < -0.3 is 19.8 Å². The summed E-state index contributed by atoms with van der Waals surface area (Å²) < 4.78 is 0. The van der Waals surface area contributed by atoms with Crippen LogP contribution in [0.2, 0.25) is 0 Å². The average Bonchev–Trinajstić information content (AvgIpc) is 2.69. The molecule has 0 aliphatic rings. The van der Waals surface area contributed by atoms with Crippen molar-refractivity contribution in [3.8, 4) is 5.75 Å². The first-order valence-corrected chi connectivity index (χ1v) is 10.2. The van der Waals surface area contributed by atoms with Gasteiger partial charge in [-0.3, -0.25) is 4.79 Å². The van der Waals surface area contributed by atoms with Crippen LogP contribution in [0.5, 0.6) is 5.75 Å². The second-order valence-corrected chi connectivity index (χ2v) is 7.27. The van der Waals surface area contributed by atoms with Gasteiger partial charge in [0.1, 0.15) is 5.75 Å². The summed E-state index contributed by atoms with van der Waals surface area (Å²) in [4.78, 5) is 18.8. The van der Waals surface area contributed by atoms with Gasteiger partial charge in [0.2, 0.25) is 0 Å². The summed E-state index contributed by atoms with van der Waals surface area (Å²) in [5.41, 5.74) is 2.57. The number of hydrogen-bond acceptors (Lipinski definition) is 4. The molecule has 0 bridgehead atoms. The van der Waals surface area contributed by atoms with Crippen LogP contribution in [0.25, 0.3) is 0 Å². The molecule has 0 aliphatic heterocycles. The topological polar surface area (TPSA) is 47.0 Å². The molecule has 1 unspecified atom stereocenters. The van der Waals surface area contributed by atoms with E-state index in [1.54, 1.807) is 12.1 Å². The van der Waals surface area contributed by atoms with Gasteiger partial charge in [-0.25, -0.2) is 0 Å². The minimum atomic E-state index is 0.0456. The molecule has 2 rings (SSSR count). The second kappa shape index (κ2) is 10.7. The van der Waals surface area contributed by atoms with Gasteiger partial charge in [0.25, 0.3) is 5.91 Å². The molecule has 29 heavy (non-hydrogen) atoms. The number of rotatable bonds is 10.